The average molecular weight is 185 g/mol. The highest BCUT2D eigenvalue weighted by Gasteiger charge is 2.09. The molecule has 0 radical (unpaired) electrons. The van der Waals surface area contributed by atoms with Gasteiger partial charge in [-0.15, -0.1) is 0 Å². The molecule has 0 fully saturated rings. The number of nitrogens with zero attached hydrogens (tertiary/aromatic N) is 3. The van der Waals surface area contributed by atoms with E-state index in [2.05, 4.69) is 4.98 Å². The smallest absolute Gasteiger partial charge is 0.228 e. The van der Waals surface area contributed by atoms with Crippen LogP contribution in [0.3, 0.4) is 0 Å². The maximum atomic E-state index is 11.2. The van der Waals surface area contributed by atoms with Crippen LogP contribution in [0.25, 0.3) is 10.9 Å². The summed E-state index contributed by atoms with van der Waals surface area (Å²) in [6, 6.07) is 3.77. The van der Waals surface area contributed by atoms with Crippen molar-refractivity contribution in [3.8, 4) is 6.07 Å². The molecule has 14 heavy (non-hydrogen) atoms. The first-order chi connectivity index (χ1) is 6.74. The summed E-state index contributed by atoms with van der Waals surface area (Å²) in [5.74, 6) is -0.121. The molecule has 4 nitrogen and oxygen atoms in total. The molecule has 2 heterocycles. The Hall–Kier alpha value is -2.15. The molecule has 0 aliphatic rings. The zero-order chi connectivity index (χ0) is 10.1. The van der Waals surface area contributed by atoms with E-state index < -0.39 is 0 Å². The molecule has 0 saturated carbocycles. The molecule has 2 aromatic rings. The fourth-order valence-corrected chi connectivity index (χ4v) is 1.42. The van der Waals surface area contributed by atoms with Crippen LogP contribution in [0, 0.1) is 11.3 Å². The Morgan fingerprint density at radius 2 is 2.43 bits per heavy atom. The minimum atomic E-state index is -0.121. The van der Waals surface area contributed by atoms with Gasteiger partial charge < -0.3 is 0 Å². The quantitative estimate of drug-likeness (QED) is 0.625. The number of hydrogen-bond donors (Lipinski definition) is 0. The third-order valence-electron chi connectivity index (χ3n) is 2.07. The first kappa shape index (κ1) is 8.45. The lowest BCUT2D eigenvalue weighted by atomic mass is 10.2. The van der Waals surface area contributed by atoms with Crippen molar-refractivity contribution in [3.63, 3.8) is 0 Å². The highest BCUT2D eigenvalue weighted by molar-refractivity contribution is 5.94. The van der Waals surface area contributed by atoms with Crippen LogP contribution < -0.4 is 0 Å². The van der Waals surface area contributed by atoms with Crippen molar-refractivity contribution in [1.82, 2.24) is 9.55 Å². The molecule has 0 saturated heterocycles. The number of nitriles is 1. The molecule has 2 aromatic heterocycles. The molecule has 2 rings (SSSR count). The zero-order valence-corrected chi connectivity index (χ0v) is 7.56. The van der Waals surface area contributed by atoms with Crippen LogP contribution in [0.1, 0.15) is 17.3 Å². The van der Waals surface area contributed by atoms with Crippen molar-refractivity contribution in [1.29, 1.82) is 5.26 Å². The molecular weight excluding hydrogens is 178 g/mol. The monoisotopic (exact) mass is 185 g/mol. The van der Waals surface area contributed by atoms with E-state index in [4.69, 9.17) is 5.26 Å². The first-order valence-corrected chi connectivity index (χ1v) is 4.10. The number of pyridine rings is 1. The third-order valence-corrected chi connectivity index (χ3v) is 2.07. The van der Waals surface area contributed by atoms with E-state index in [0.29, 0.717) is 11.1 Å². The summed E-state index contributed by atoms with van der Waals surface area (Å²) in [5, 5.41) is 9.60. The normalized spacial score (nSPS) is 10.0. The number of fused-ring (bicyclic) bond motifs is 1. The second-order valence-corrected chi connectivity index (χ2v) is 2.94. The van der Waals surface area contributed by atoms with Gasteiger partial charge in [-0.25, -0.2) is 0 Å². The van der Waals surface area contributed by atoms with Crippen LogP contribution >= 0.6 is 0 Å². The number of hydrogen-bond acceptors (Lipinski definition) is 3. The zero-order valence-electron chi connectivity index (χ0n) is 7.56. The highest BCUT2D eigenvalue weighted by atomic mass is 16.1. The topological polar surface area (TPSA) is 58.7 Å². The summed E-state index contributed by atoms with van der Waals surface area (Å²) < 4.78 is 1.43. The number of aromatic nitrogens is 2. The first-order valence-electron chi connectivity index (χ1n) is 4.10. The largest absolute Gasteiger partial charge is 0.285 e. The van der Waals surface area contributed by atoms with Crippen molar-refractivity contribution in [3.05, 3.63) is 30.2 Å². The molecule has 68 valence electrons. The lowest BCUT2D eigenvalue weighted by Gasteiger charge is -1.96. The van der Waals surface area contributed by atoms with Gasteiger partial charge in [0, 0.05) is 24.7 Å². The van der Waals surface area contributed by atoms with Gasteiger partial charge in [-0.2, -0.15) is 5.26 Å². The summed E-state index contributed by atoms with van der Waals surface area (Å²) >= 11 is 0. The van der Waals surface area contributed by atoms with E-state index >= 15 is 0 Å². The van der Waals surface area contributed by atoms with Crippen molar-refractivity contribution in [2.75, 3.05) is 0 Å². The van der Waals surface area contributed by atoms with Crippen molar-refractivity contribution in [2.24, 2.45) is 0 Å². The Morgan fingerprint density at radius 3 is 3.07 bits per heavy atom. The molecule has 0 aliphatic heterocycles. The molecule has 0 N–H and O–H groups in total. The van der Waals surface area contributed by atoms with E-state index in [1.807, 2.05) is 6.07 Å². The van der Waals surface area contributed by atoms with E-state index in [-0.39, 0.29) is 5.91 Å². The van der Waals surface area contributed by atoms with Crippen LogP contribution in [-0.2, 0) is 0 Å². The van der Waals surface area contributed by atoms with Gasteiger partial charge in [0.05, 0.1) is 17.3 Å². The fourth-order valence-electron chi connectivity index (χ4n) is 1.42. The molecule has 0 bridgehead atoms. The SMILES string of the molecule is CC(=O)n1cc(C#N)c2ccncc21. The Balaban J connectivity index is 2.88. The number of carbonyl (C=O) groups excluding carboxylic acids is 1. The van der Waals surface area contributed by atoms with E-state index in [9.17, 15) is 4.79 Å². The minimum absolute atomic E-state index is 0.121. The summed E-state index contributed by atoms with van der Waals surface area (Å²) in [4.78, 5) is 15.1. The van der Waals surface area contributed by atoms with Gasteiger partial charge in [0.2, 0.25) is 5.91 Å². The molecule has 0 amide bonds. The predicted molar refractivity (Wildman–Crippen MR) is 50.7 cm³/mol. The second kappa shape index (κ2) is 2.96. The highest BCUT2D eigenvalue weighted by Crippen LogP contribution is 2.18. The summed E-state index contributed by atoms with van der Waals surface area (Å²) in [5.41, 5.74) is 1.18. The predicted octanol–water partition coefficient (Wildman–Crippen LogP) is 1.57. The summed E-state index contributed by atoms with van der Waals surface area (Å²) in [7, 11) is 0. The Kier molecular flexibility index (Phi) is 1.79. The van der Waals surface area contributed by atoms with Gasteiger partial charge in [0.15, 0.2) is 0 Å². The van der Waals surface area contributed by atoms with Crippen LogP contribution in [-0.4, -0.2) is 15.5 Å². The van der Waals surface area contributed by atoms with Gasteiger partial charge in [-0.1, -0.05) is 0 Å². The average Bonchev–Trinajstić information content (AvgIpc) is 2.56. The fraction of sp³-hybridized carbons (Fsp3) is 0.100. The lowest BCUT2D eigenvalue weighted by Crippen LogP contribution is -2.02. The molecule has 0 aliphatic carbocycles. The maximum absolute atomic E-state index is 11.2. The van der Waals surface area contributed by atoms with E-state index in [1.54, 1.807) is 18.5 Å². The summed E-state index contributed by atoms with van der Waals surface area (Å²) in [6.45, 7) is 1.45. The van der Waals surface area contributed by atoms with Crippen LogP contribution in [0.5, 0.6) is 0 Å². The molecule has 0 aromatic carbocycles. The number of rotatable bonds is 0. The van der Waals surface area contributed by atoms with Crippen molar-refractivity contribution < 1.29 is 4.79 Å². The maximum Gasteiger partial charge on any atom is 0.228 e. The van der Waals surface area contributed by atoms with Gasteiger partial charge in [-0.05, 0) is 6.07 Å². The molecule has 0 unspecified atom stereocenters. The minimum Gasteiger partial charge on any atom is -0.285 e. The second-order valence-electron chi connectivity index (χ2n) is 2.94. The lowest BCUT2D eigenvalue weighted by molar-refractivity contribution is 0.0941. The van der Waals surface area contributed by atoms with Crippen molar-refractivity contribution in [2.45, 2.75) is 6.92 Å². The van der Waals surface area contributed by atoms with Gasteiger partial charge in [0.25, 0.3) is 0 Å². The molecular formula is C10H7N3O. The van der Waals surface area contributed by atoms with Crippen LogP contribution in [0.15, 0.2) is 24.7 Å². The van der Waals surface area contributed by atoms with Gasteiger partial charge in [0.1, 0.15) is 6.07 Å². The standard InChI is InChI=1S/C10H7N3O/c1-7(14)13-6-8(4-11)9-2-3-12-5-10(9)13/h2-3,5-6H,1H3. The molecule has 0 spiro atoms. The Bertz CT molecular complexity index is 548. The number of carbonyl (C=O) groups is 1. The Labute approximate surface area is 80.4 Å². The van der Waals surface area contributed by atoms with Crippen molar-refractivity contribution >= 4 is 16.8 Å². The van der Waals surface area contributed by atoms with E-state index in [1.165, 1.54) is 17.7 Å². The third kappa shape index (κ3) is 1.07. The van der Waals surface area contributed by atoms with Gasteiger partial charge in [-0.3, -0.25) is 14.3 Å². The Morgan fingerprint density at radius 1 is 1.64 bits per heavy atom. The van der Waals surface area contributed by atoms with Crippen LogP contribution in [0.2, 0.25) is 0 Å². The molecule has 0 atom stereocenters. The van der Waals surface area contributed by atoms with Gasteiger partial charge >= 0.3 is 0 Å². The summed E-state index contributed by atoms with van der Waals surface area (Å²) in [6.07, 6.45) is 4.72. The van der Waals surface area contributed by atoms with Crippen LogP contribution in [0.4, 0.5) is 0 Å². The molecule has 4 heteroatoms. The van der Waals surface area contributed by atoms with E-state index in [0.717, 1.165) is 5.39 Å².